The van der Waals surface area contributed by atoms with E-state index in [4.69, 9.17) is 4.98 Å². The molecule has 1 N–H and O–H groups in total. The lowest BCUT2D eigenvalue weighted by molar-refractivity contribution is 0.690. The first kappa shape index (κ1) is 19.0. The van der Waals surface area contributed by atoms with Crippen molar-refractivity contribution in [2.45, 2.75) is 32.7 Å². The van der Waals surface area contributed by atoms with Crippen LogP contribution < -0.4 is 0 Å². The van der Waals surface area contributed by atoms with E-state index in [1.165, 1.54) is 5.56 Å². The number of fused-ring (bicyclic) bond motifs is 1. The first-order valence-corrected chi connectivity index (χ1v) is 10.4. The molecule has 0 spiro atoms. The monoisotopic (exact) mass is 410 g/mol. The van der Waals surface area contributed by atoms with Crippen molar-refractivity contribution in [3.05, 3.63) is 72.2 Å². The topological polar surface area (TPSA) is 98.1 Å². The molecule has 0 radical (unpaired) electrons. The largest absolute Gasteiger partial charge is 0.322 e. The van der Waals surface area contributed by atoms with Gasteiger partial charge in [-0.25, -0.2) is 10.1 Å². The van der Waals surface area contributed by atoms with Gasteiger partial charge in [0.25, 0.3) is 0 Å². The number of aromatic nitrogens is 8. The molecular weight excluding hydrogens is 388 g/mol. The van der Waals surface area contributed by atoms with Crippen LogP contribution >= 0.6 is 0 Å². The van der Waals surface area contributed by atoms with E-state index in [1.807, 2.05) is 24.3 Å². The van der Waals surface area contributed by atoms with E-state index in [1.54, 1.807) is 6.20 Å². The van der Waals surface area contributed by atoms with Gasteiger partial charge in [0, 0.05) is 18.5 Å². The predicted octanol–water partition coefficient (Wildman–Crippen LogP) is 4.06. The van der Waals surface area contributed by atoms with E-state index in [0.29, 0.717) is 11.5 Å². The van der Waals surface area contributed by atoms with Crippen molar-refractivity contribution >= 4 is 11.2 Å². The third-order valence-electron chi connectivity index (χ3n) is 5.41. The van der Waals surface area contributed by atoms with E-state index < -0.39 is 0 Å². The predicted molar refractivity (Wildman–Crippen MR) is 118 cm³/mol. The number of aryl methyl sites for hydroxylation is 1. The summed E-state index contributed by atoms with van der Waals surface area (Å²) in [6.45, 7) is 2.94. The molecule has 2 aromatic carbocycles. The van der Waals surface area contributed by atoms with Crippen LogP contribution in [0.15, 0.2) is 60.8 Å². The van der Waals surface area contributed by atoms with Gasteiger partial charge in [-0.3, -0.25) is 0 Å². The van der Waals surface area contributed by atoms with E-state index in [-0.39, 0.29) is 0 Å². The van der Waals surface area contributed by atoms with E-state index in [2.05, 4.69) is 72.6 Å². The molecule has 8 heteroatoms. The summed E-state index contributed by atoms with van der Waals surface area (Å²) in [5, 5.41) is 22.5. The van der Waals surface area contributed by atoms with Crippen molar-refractivity contribution < 1.29 is 0 Å². The molecule has 0 aliphatic rings. The normalized spacial score (nSPS) is 11.3. The number of nitrogens with zero attached hydrogens (tertiary/aromatic N) is 7. The maximum atomic E-state index is 4.72. The molecule has 3 aromatic heterocycles. The number of hydrogen-bond acceptors (Lipinski definition) is 6. The third kappa shape index (κ3) is 3.79. The van der Waals surface area contributed by atoms with Gasteiger partial charge in [-0.2, -0.15) is 5.10 Å². The molecule has 0 saturated carbocycles. The van der Waals surface area contributed by atoms with E-state index >= 15 is 0 Å². The summed E-state index contributed by atoms with van der Waals surface area (Å²) >= 11 is 0. The van der Waals surface area contributed by atoms with Crippen LogP contribution in [0.2, 0.25) is 0 Å². The Hall–Kier alpha value is -3.94. The molecule has 3 heterocycles. The highest BCUT2D eigenvalue weighted by atomic mass is 15.5. The van der Waals surface area contributed by atoms with Crippen molar-refractivity contribution in [1.82, 2.24) is 40.4 Å². The van der Waals surface area contributed by atoms with Gasteiger partial charge in [-0.1, -0.05) is 61.9 Å². The molecule has 0 fully saturated rings. The molecule has 0 saturated heterocycles. The Morgan fingerprint density at radius 2 is 1.77 bits per heavy atom. The van der Waals surface area contributed by atoms with Crippen LogP contribution in [0.1, 0.15) is 31.2 Å². The first-order valence-electron chi connectivity index (χ1n) is 10.4. The number of imidazole rings is 1. The Kier molecular flexibility index (Phi) is 5.18. The minimum absolute atomic E-state index is 0.659. The maximum absolute atomic E-state index is 4.72. The zero-order chi connectivity index (χ0) is 21.0. The summed E-state index contributed by atoms with van der Waals surface area (Å²) in [7, 11) is 0. The Bertz CT molecular complexity index is 1290. The van der Waals surface area contributed by atoms with Crippen molar-refractivity contribution in [3.63, 3.8) is 0 Å². The van der Waals surface area contributed by atoms with Gasteiger partial charge >= 0.3 is 0 Å². The van der Waals surface area contributed by atoms with Gasteiger partial charge < -0.3 is 4.57 Å². The Balaban J connectivity index is 1.46. The number of hydrogen-bond donors (Lipinski definition) is 1. The van der Waals surface area contributed by atoms with Crippen molar-refractivity contribution in [2.75, 3.05) is 0 Å². The molecule has 5 aromatic rings. The van der Waals surface area contributed by atoms with Gasteiger partial charge in [0.15, 0.2) is 11.5 Å². The molecule has 0 bridgehead atoms. The molecule has 0 amide bonds. The highest BCUT2D eigenvalue weighted by molar-refractivity contribution is 5.80. The zero-order valence-electron chi connectivity index (χ0n) is 17.2. The van der Waals surface area contributed by atoms with Crippen LogP contribution in [-0.2, 0) is 13.0 Å². The fourth-order valence-corrected chi connectivity index (χ4v) is 3.82. The average Bonchev–Trinajstić information content (AvgIpc) is 3.47. The smallest absolute Gasteiger partial charge is 0.200 e. The van der Waals surface area contributed by atoms with Crippen LogP contribution in [0, 0.1) is 0 Å². The number of tetrazole rings is 1. The maximum Gasteiger partial charge on any atom is 0.200 e. The Morgan fingerprint density at radius 3 is 2.55 bits per heavy atom. The Morgan fingerprint density at radius 1 is 0.935 bits per heavy atom. The second kappa shape index (κ2) is 8.43. The van der Waals surface area contributed by atoms with Gasteiger partial charge in [-0.15, -0.1) is 10.2 Å². The van der Waals surface area contributed by atoms with Gasteiger partial charge in [0.05, 0.1) is 11.7 Å². The molecule has 0 unspecified atom stereocenters. The summed E-state index contributed by atoms with van der Waals surface area (Å²) in [4.78, 5) is 4.72. The number of aromatic amines is 1. The fourth-order valence-electron chi connectivity index (χ4n) is 3.82. The number of unbranched alkanes of at least 4 members (excludes halogenated alkanes) is 1. The highest BCUT2D eigenvalue weighted by Gasteiger charge is 2.13. The summed E-state index contributed by atoms with van der Waals surface area (Å²) in [5.74, 6) is 1.72. The molecule has 154 valence electrons. The number of rotatable bonds is 7. The molecule has 0 aliphatic carbocycles. The van der Waals surface area contributed by atoms with Crippen LogP contribution in [0.25, 0.3) is 33.7 Å². The van der Waals surface area contributed by atoms with Crippen molar-refractivity contribution in [1.29, 1.82) is 0 Å². The Labute approximate surface area is 179 Å². The summed E-state index contributed by atoms with van der Waals surface area (Å²) in [5.41, 5.74) is 6.11. The molecule has 8 nitrogen and oxygen atoms in total. The SMILES string of the molecule is CCCCc1nc2nnccc2n1Cc1ccc(-c2ccccc2-c2nnn[nH]2)cc1. The van der Waals surface area contributed by atoms with Gasteiger partial charge in [-0.05, 0) is 39.6 Å². The fraction of sp³-hybridized carbons (Fsp3) is 0.217. The van der Waals surface area contributed by atoms with Crippen LogP contribution in [0.5, 0.6) is 0 Å². The minimum Gasteiger partial charge on any atom is -0.322 e. The average molecular weight is 410 g/mol. The lowest BCUT2D eigenvalue weighted by Gasteiger charge is -2.11. The second-order valence-electron chi connectivity index (χ2n) is 7.45. The molecular formula is C23H22N8. The standard InChI is InChI=1S/C23H22N8/c1-2-3-8-21-25-23-20(13-14-24-26-23)31(21)15-16-9-11-17(12-10-16)18-6-4-5-7-19(18)22-27-29-30-28-22/h4-7,9-14H,2-3,8,15H2,1H3,(H,27,28,29,30). The molecule has 0 aliphatic heterocycles. The summed E-state index contributed by atoms with van der Waals surface area (Å²) < 4.78 is 2.25. The van der Waals surface area contributed by atoms with Crippen molar-refractivity contribution in [3.8, 4) is 22.5 Å². The third-order valence-corrected chi connectivity index (χ3v) is 5.41. The zero-order valence-corrected chi connectivity index (χ0v) is 17.2. The molecule has 31 heavy (non-hydrogen) atoms. The molecule has 0 atom stereocenters. The second-order valence-corrected chi connectivity index (χ2v) is 7.45. The van der Waals surface area contributed by atoms with Crippen molar-refractivity contribution in [2.24, 2.45) is 0 Å². The summed E-state index contributed by atoms with van der Waals surface area (Å²) in [6, 6.07) is 18.7. The number of H-pyrrole nitrogens is 1. The number of benzene rings is 2. The van der Waals surface area contributed by atoms with Crippen LogP contribution in [0.4, 0.5) is 0 Å². The van der Waals surface area contributed by atoms with Crippen LogP contribution in [0.3, 0.4) is 0 Å². The first-order chi connectivity index (χ1) is 15.3. The van der Waals surface area contributed by atoms with E-state index in [9.17, 15) is 0 Å². The lowest BCUT2D eigenvalue weighted by atomic mass is 9.98. The van der Waals surface area contributed by atoms with E-state index in [0.717, 1.165) is 53.8 Å². The van der Waals surface area contributed by atoms with Gasteiger partial charge in [0.1, 0.15) is 5.82 Å². The summed E-state index contributed by atoms with van der Waals surface area (Å²) in [6.07, 6.45) is 4.89. The lowest BCUT2D eigenvalue weighted by Crippen LogP contribution is -2.05. The van der Waals surface area contributed by atoms with Crippen LogP contribution in [-0.4, -0.2) is 40.4 Å². The molecule has 5 rings (SSSR count). The minimum atomic E-state index is 0.659. The van der Waals surface area contributed by atoms with Gasteiger partial charge in [0.2, 0.25) is 0 Å². The number of nitrogens with one attached hydrogen (secondary N) is 1. The highest BCUT2D eigenvalue weighted by Crippen LogP contribution is 2.30. The quantitative estimate of drug-likeness (QED) is 0.434.